The van der Waals surface area contributed by atoms with E-state index in [0.717, 1.165) is 11.5 Å². The number of carbonyl (C=O) groups excluding carboxylic acids is 1. The number of thioether (sulfide) groups is 1. The van der Waals surface area contributed by atoms with Gasteiger partial charge in [0, 0.05) is 17.0 Å². The third-order valence-electron chi connectivity index (χ3n) is 2.90. The van der Waals surface area contributed by atoms with Crippen molar-refractivity contribution in [2.24, 2.45) is 0 Å². The van der Waals surface area contributed by atoms with Gasteiger partial charge in [0.1, 0.15) is 5.75 Å². The smallest absolute Gasteiger partial charge is 0.261 e. The van der Waals surface area contributed by atoms with Gasteiger partial charge in [-0.25, -0.2) is 0 Å². The number of amides is 1. The maximum absolute atomic E-state index is 12.1. The fourth-order valence-corrected chi connectivity index (χ4v) is 2.57. The van der Waals surface area contributed by atoms with Crippen molar-refractivity contribution in [1.29, 1.82) is 0 Å². The molecule has 1 N–H and O–H groups in total. The average molecular weight is 309 g/mol. The molecule has 1 amide bonds. The van der Waals surface area contributed by atoms with Crippen molar-refractivity contribution in [2.45, 2.75) is 51.9 Å². The summed E-state index contributed by atoms with van der Waals surface area (Å²) in [6, 6.07) is 7.78. The number of ether oxygens (including phenoxy) is 1. The first kappa shape index (κ1) is 17.9. The second-order valence-electron chi connectivity index (χ2n) is 6.08. The Labute approximate surface area is 132 Å². The molecule has 0 saturated heterocycles. The molecule has 1 aromatic carbocycles. The number of hydrogen-bond donors (Lipinski definition) is 1. The molecule has 21 heavy (non-hydrogen) atoms. The molecule has 3 nitrogen and oxygen atoms in total. The summed E-state index contributed by atoms with van der Waals surface area (Å²) < 4.78 is 5.99. The van der Waals surface area contributed by atoms with Crippen molar-refractivity contribution in [2.75, 3.05) is 12.3 Å². The van der Waals surface area contributed by atoms with E-state index in [-0.39, 0.29) is 10.7 Å². The lowest BCUT2D eigenvalue weighted by molar-refractivity contribution is -0.127. The summed E-state index contributed by atoms with van der Waals surface area (Å²) in [6.07, 6.45) is 0.235. The highest BCUT2D eigenvalue weighted by molar-refractivity contribution is 8.00. The van der Waals surface area contributed by atoms with Crippen LogP contribution in [0.25, 0.3) is 0 Å². The number of hydrogen-bond acceptors (Lipinski definition) is 3. The van der Waals surface area contributed by atoms with Crippen molar-refractivity contribution in [1.82, 2.24) is 5.32 Å². The van der Waals surface area contributed by atoms with Gasteiger partial charge in [0.25, 0.3) is 5.91 Å². The van der Waals surface area contributed by atoms with Crippen LogP contribution in [0.1, 0.15) is 39.7 Å². The zero-order valence-corrected chi connectivity index (χ0v) is 14.5. The van der Waals surface area contributed by atoms with Crippen LogP contribution < -0.4 is 10.1 Å². The maximum atomic E-state index is 12.1. The van der Waals surface area contributed by atoms with Crippen molar-refractivity contribution < 1.29 is 9.53 Å². The highest BCUT2D eigenvalue weighted by atomic mass is 32.2. The van der Waals surface area contributed by atoms with Crippen LogP contribution in [-0.4, -0.2) is 29.1 Å². The summed E-state index contributed by atoms with van der Waals surface area (Å²) in [5.41, 5.74) is 1.18. The van der Waals surface area contributed by atoms with E-state index in [9.17, 15) is 4.79 Å². The Bertz CT molecular complexity index is 437. The van der Waals surface area contributed by atoms with Crippen LogP contribution in [0.15, 0.2) is 24.3 Å². The zero-order chi connectivity index (χ0) is 15.9. The third kappa shape index (κ3) is 7.42. The first-order chi connectivity index (χ1) is 9.81. The Balaban J connectivity index is 2.41. The Morgan fingerprint density at radius 2 is 1.90 bits per heavy atom. The predicted octanol–water partition coefficient (Wildman–Crippen LogP) is 3.80. The molecule has 0 aliphatic rings. The van der Waals surface area contributed by atoms with Crippen molar-refractivity contribution >= 4 is 17.7 Å². The lowest BCUT2D eigenvalue weighted by atomic mass is 10.2. The highest BCUT2D eigenvalue weighted by Crippen LogP contribution is 2.22. The molecule has 1 atom stereocenters. The van der Waals surface area contributed by atoms with Crippen LogP contribution in [0.5, 0.6) is 5.75 Å². The fraction of sp³-hybridized carbons (Fsp3) is 0.588. The molecule has 0 fully saturated rings. The van der Waals surface area contributed by atoms with Crippen LogP contribution in [0, 0.1) is 6.92 Å². The van der Waals surface area contributed by atoms with Crippen molar-refractivity contribution in [3.8, 4) is 5.75 Å². The summed E-state index contributed by atoms with van der Waals surface area (Å²) in [4.78, 5) is 12.1. The first-order valence-electron chi connectivity index (χ1n) is 7.47. The maximum Gasteiger partial charge on any atom is 0.261 e. The van der Waals surface area contributed by atoms with E-state index in [4.69, 9.17) is 4.74 Å². The van der Waals surface area contributed by atoms with E-state index >= 15 is 0 Å². The lowest BCUT2D eigenvalue weighted by Crippen LogP contribution is -2.39. The Morgan fingerprint density at radius 3 is 2.43 bits per heavy atom. The standard InChI is InChI=1S/C17H27NO2S/c1-6-15(20-14-9-7-13(2)8-10-14)16(19)18-11-12-21-17(3,4)5/h7-10,15H,6,11-12H2,1-5H3,(H,18,19)/t15-/m0/s1. The second kappa shape index (κ2) is 8.32. The molecule has 0 bridgehead atoms. The Kier molecular flexibility index (Phi) is 7.09. The monoisotopic (exact) mass is 309 g/mol. The van der Waals surface area contributed by atoms with E-state index < -0.39 is 6.10 Å². The van der Waals surface area contributed by atoms with E-state index in [1.807, 2.05) is 49.9 Å². The summed E-state index contributed by atoms with van der Waals surface area (Å²) in [5, 5.41) is 2.95. The van der Waals surface area contributed by atoms with Gasteiger partial charge in [-0.2, -0.15) is 11.8 Å². The van der Waals surface area contributed by atoms with Crippen LogP contribution >= 0.6 is 11.8 Å². The summed E-state index contributed by atoms with van der Waals surface area (Å²) in [6.45, 7) is 11.2. The summed E-state index contributed by atoms with van der Waals surface area (Å²) >= 11 is 1.84. The molecule has 0 saturated carbocycles. The normalized spacial score (nSPS) is 12.8. The number of nitrogens with one attached hydrogen (secondary N) is 1. The molecule has 0 heterocycles. The van der Waals surface area contributed by atoms with Gasteiger partial charge in [-0.05, 0) is 25.5 Å². The molecule has 0 spiro atoms. The molecular formula is C17H27NO2S. The Morgan fingerprint density at radius 1 is 1.29 bits per heavy atom. The molecule has 0 aromatic heterocycles. The number of rotatable bonds is 7. The number of carbonyl (C=O) groups is 1. The first-order valence-corrected chi connectivity index (χ1v) is 8.45. The molecule has 0 unspecified atom stereocenters. The molecule has 4 heteroatoms. The zero-order valence-electron chi connectivity index (χ0n) is 13.7. The van der Waals surface area contributed by atoms with Gasteiger partial charge in [0.05, 0.1) is 0 Å². The van der Waals surface area contributed by atoms with Gasteiger partial charge in [-0.3, -0.25) is 4.79 Å². The quantitative estimate of drug-likeness (QED) is 0.779. The Hall–Kier alpha value is -1.16. The van der Waals surface area contributed by atoms with Crippen molar-refractivity contribution in [3.63, 3.8) is 0 Å². The summed E-state index contributed by atoms with van der Waals surface area (Å²) in [5.74, 6) is 1.62. The molecule has 1 aromatic rings. The van der Waals surface area contributed by atoms with Crippen LogP contribution in [0.2, 0.25) is 0 Å². The van der Waals surface area contributed by atoms with Gasteiger partial charge >= 0.3 is 0 Å². The van der Waals surface area contributed by atoms with Crippen LogP contribution in [0.3, 0.4) is 0 Å². The molecule has 0 radical (unpaired) electrons. The largest absolute Gasteiger partial charge is 0.481 e. The van der Waals surface area contributed by atoms with E-state index in [1.165, 1.54) is 5.56 Å². The van der Waals surface area contributed by atoms with Crippen LogP contribution in [0.4, 0.5) is 0 Å². The lowest BCUT2D eigenvalue weighted by Gasteiger charge is -2.19. The highest BCUT2D eigenvalue weighted by Gasteiger charge is 2.18. The van der Waals surface area contributed by atoms with Crippen molar-refractivity contribution in [3.05, 3.63) is 29.8 Å². The molecular weight excluding hydrogens is 282 g/mol. The minimum atomic E-state index is -0.424. The minimum absolute atomic E-state index is 0.0346. The van der Waals surface area contributed by atoms with Gasteiger partial charge in [0.2, 0.25) is 0 Å². The molecule has 1 rings (SSSR count). The SMILES string of the molecule is CC[C@H](Oc1ccc(C)cc1)C(=O)NCCSC(C)(C)C. The number of benzene rings is 1. The van der Waals surface area contributed by atoms with Gasteiger partial charge in [-0.1, -0.05) is 45.4 Å². The summed E-state index contributed by atoms with van der Waals surface area (Å²) in [7, 11) is 0. The molecule has 0 aliphatic heterocycles. The molecule has 0 aliphatic carbocycles. The van der Waals surface area contributed by atoms with E-state index in [0.29, 0.717) is 13.0 Å². The van der Waals surface area contributed by atoms with Gasteiger partial charge in [-0.15, -0.1) is 0 Å². The van der Waals surface area contributed by atoms with Crippen LogP contribution in [-0.2, 0) is 4.79 Å². The average Bonchev–Trinajstić information content (AvgIpc) is 2.41. The topological polar surface area (TPSA) is 38.3 Å². The van der Waals surface area contributed by atoms with E-state index in [2.05, 4.69) is 26.1 Å². The second-order valence-corrected chi connectivity index (χ2v) is 8.00. The van der Waals surface area contributed by atoms with Gasteiger partial charge in [0.15, 0.2) is 6.10 Å². The fourth-order valence-electron chi connectivity index (χ4n) is 1.75. The van der Waals surface area contributed by atoms with Gasteiger partial charge < -0.3 is 10.1 Å². The minimum Gasteiger partial charge on any atom is -0.481 e. The molecule has 118 valence electrons. The number of aryl methyl sites for hydroxylation is 1. The third-order valence-corrected chi connectivity index (χ3v) is 4.17. The van der Waals surface area contributed by atoms with E-state index in [1.54, 1.807) is 0 Å². The predicted molar refractivity (Wildman–Crippen MR) is 91.1 cm³/mol.